The van der Waals surface area contributed by atoms with Crippen LogP contribution in [-0.4, -0.2) is 17.6 Å². The van der Waals surface area contributed by atoms with Crippen molar-refractivity contribution in [2.75, 3.05) is 12.4 Å². The van der Waals surface area contributed by atoms with E-state index in [4.69, 9.17) is 4.74 Å². The van der Waals surface area contributed by atoms with Crippen molar-refractivity contribution in [1.82, 2.24) is 4.57 Å². The highest BCUT2D eigenvalue weighted by Gasteiger charge is 2.32. The van der Waals surface area contributed by atoms with Crippen LogP contribution in [0.15, 0.2) is 104 Å². The molecule has 180 valence electrons. The van der Waals surface area contributed by atoms with Gasteiger partial charge >= 0.3 is 0 Å². The molecule has 36 heavy (non-hydrogen) atoms. The van der Waals surface area contributed by atoms with Crippen molar-refractivity contribution in [2.45, 2.75) is 13.0 Å². The standard InChI is InChI=1S/C28H22BrN3O3S/c1-17-24(26(33)31-21-6-4-3-5-7-21)25(19-10-12-20(29)13-11-19)32-27(34)23(36-28(32)30-17)16-18-8-14-22(35-2)15-9-18/h3-16,25H,1-2H3,(H,31,33)/b23-16+. The van der Waals surface area contributed by atoms with Gasteiger partial charge in [0.15, 0.2) is 4.80 Å². The largest absolute Gasteiger partial charge is 0.497 e. The summed E-state index contributed by atoms with van der Waals surface area (Å²) in [5.41, 5.74) is 3.19. The average molecular weight is 560 g/mol. The predicted molar refractivity (Wildman–Crippen MR) is 146 cm³/mol. The number of rotatable bonds is 5. The number of nitrogens with one attached hydrogen (secondary N) is 1. The number of benzene rings is 3. The number of halogens is 1. The molecule has 0 aliphatic carbocycles. The van der Waals surface area contributed by atoms with Crippen molar-refractivity contribution >= 4 is 44.9 Å². The Morgan fingerprint density at radius 3 is 2.42 bits per heavy atom. The van der Waals surface area contributed by atoms with Crippen LogP contribution in [0, 0.1) is 0 Å². The molecule has 0 bridgehead atoms. The number of fused-ring (bicyclic) bond motifs is 1. The van der Waals surface area contributed by atoms with Gasteiger partial charge in [0.1, 0.15) is 5.75 Å². The monoisotopic (exact) mass is 559 g/mol. The zero-order valence-corrected chi connectivity index (χ0v) is 22.0. The van der Waals surface area contributed by atoms with Crippen LogP contribution in [0.1, 0.15) is 24.1 Å². The minimum absolute atomic E-state index is 0.194. The van der Waals surface area contributed by atoms with Crippen LogP contribution >= 0.6 is 27.3 Å². The van der Waals surface area contributed by atoms with E-state index in [0.29, 0.717) is 26.3 Å². The van der Waals surface area contributed by atoms with Gasteiger partial charge in [-0.05, 0) is 60.5 Å². The minimum Gasteiger partial charge on any atom is -0.497 e. The van der Waals surface area contributed by atoms with Gasteiger partial charge in [0.2, 0.25) is 0 Å². The zero-order valence-electron chi connectivity index (χ0n) is 19.6. The van der Waals surface area contributed by atoms with Gasteiger partial charge in [0, 0.05) is 10.2 Å². The molecule has 0 saturated carbocycles. The fourth-order valence-corrected chi connectivity index (χ4v) is 5.45. The third-order valence-electron chi connectivity index (χ3n) is 5.90. The van der Waals surface area contributed by atoms with Crippen LogP contribution in [0.2, 0.25) is 0 Å². The van der Waals surface area contributed by atoms with Crippen LogP contribution in [0.25, 0.3) is 6.08 Å². The molecule has 0 radical (unpaired) electrons. The Balaban J connectivity index is 1.65. The van der Waals surface area contributed by atoms with Crippen molar-refractivity contribution in [3.63, 3.8) is 0 Å². The maximum absolute atomic E-state index is 13.7. The number of nitrogens with zero attached hydrogens (tertiary/aromatic N) is 2. The maximum atomic E-state index is 13.7. The van der Waals surface area contributed by atoms with E-state index in [9.17, 15) is 9.59 Å². The second-order valence-electron chi connectivity index (χ2n) is 8.23. The molecule has 1 aromatic heterocycles. The molecule has 1 unspecified atom stereocenters. The van der Waals surface area contributed by atoms with Crippen LogP contribution in [0.3, 0.4) is 0 Å². The van der Waals surface area contributed by atoms with E-state index < -0.39 is 6.04 Å². The van der Waals surface area contributed by atoms with Crippen molar-refractivity contribution < 1.29 is 9.53 Å². The lowest BCUT2D eigenvalue weighted by atomic mass is 9.95. The number of aromatic nitrogens is 1. The smallest absolute Gasteiger partial charge is 0.271 e. The highest BCUT2D eigenvalue weighted by atomic mass is 79.9. The van der Waals surface area contributed by atoms with Crippen molar-refractivity contribution in [2.24, 2.45) is 4.99 Å². The van der Waals surface area contributed by atoms with Crippen LogP contribution in [-0.2, 0) is 4.79 Å². The number of carbonyl (C=O) groups is 1. The summed E-state index contributed by atoms with van der Waals surface area (Å²) in [6.07, 6.45) is 1.84. The quantitative estimate of drug-likeness (QED) is 0.387. The van der Waals surface area contributed by atoms with Gasteiger partial charge in [-0.1, -0.05) is 69.7 Å². The molecule has 0 spiro atoms. The first kappa shape index (κ1) is 24.0. The van der Waals surface area contributed by atoms with Crippen molar-refractivity contribution in [3.05, 3.63) is 125 Å². The van der Waals surface area contributed by atoms with Gasteiger partial charge in [-0.25, -0.2) is 4.99 Å². The van der Waals surface area contributed by atoms with E-state index in [1.807, 2.05) is 91.9 Å². The normalized spacial score (nSPS) is 15.3. The number of carbonyl (C=O) groups excluding carboxylic acids is 1. The fourth-order valence-electron chi connectivity index (χ4n) is 4.14. The van der Waals surface area contributed by atoms with Gasteiger partial charge in [-0.15, -0.1) is 0 Å². The van der Waals surface area contributed by atoms with Gasteiger partial charge in [-0.3, -0.25) is 14.2 Å². The molecule has 1 aliphatic rings. The summed E-state index contributed by atoms with van der Waals surface area (Å²) in [5.74, 6) is 0.452. The number of methoxy groups -OCH3 is 1. The Morgan fingerprint density at radius 1 is 1.06 bits per heavy atom. The van der Waals surface area contributed by atoms with Gasteiger partial charge < -0.3 is 10.1 Å². The predicted octanol–water partition coefficient (Wildman–Crippen LogP) is 4.65. The molecule has 8 heteroatoms. The molecule has 4 aromatic rings. The van der Waals surface area contributed by atoms with E-state index in [2.05, 4.69) is 26.2 Å². The molecule has 1 amide bonds. The first-order valence-corrected chi connectivity index (χ1v) is 12.8. The average Bonchev–Trinajstić information content (AvgIpc) is 3.19. The van der Waals surface area contributed by atoms with Crippen LogP contribution in [0.5, 0.6) is 5.75 Å². The molecule has 5 rings (SSSR count). The Morgan fingerprint density at radius 2 is 1.75 bits per heavy atom. The second kappa shape index (κ2) is 10.1. The lowest BCUT2D eigenvalue weighted by Gasteiger charge is -2.25. The van der Waals surface area contributed by atoms with Crippen LogP contribution in [0.4, 0.5) is 5.69 Å². The fraction of sp³-hybridized carbons (Fsp3) is 0.107. The number of amides is 1. The summed E-state index contributed by atoms with van der Waals surface area (Å²) in [6, 6.07) is 23.8. The summed E-state index contributed by atoms with van der Waals surface area (Å²) in [4.78, 5) is 32.5. The first-order valence-electron chi connectivity index (χ1n) is 11.2. The molecule has 1 atom stereocenters. The molecular weight excluding hydrogens is 538 g/mol. The molecule has 1 N–H and O–H groups in total. The zero-order chi connectivity index (χ0) is 25.2. The van der Waals surface area contributed by atoms with E-state index in [-0.39, 0.29) is 11.5 Å². The summed E-state index contributed by atoms with van der Waals surface area (Å²) in [5, 5.41) is 2.96. The van der Waals surface area contributed by atoms with Gasteiger partial charge in [0.05, 0.1) is 29.0 Å². The summed E-state index contributed by atoms with van der Waals surface area (Å²) >= 11 is 4.79. The van der Waals surface area contributed by atoms with Crippen molar-refractivity contribution in [1.29, 1.82) is 0 Å². The Labute approximate surface area is 220 Å². The van der Waals surface area contributed by atoms with E-state index in [0.717, 1.165) is 21.3 Å². The Hall–Kier alpha value is -3.75. The minimum atomic E-state index is -0.615. The molecule has 0 fully saturated rings. The number of thiazole rings is 1. The summed E-state index contributed by atoms with van der Waals surface area (Å²) in [7, 11) is 1.61. The molecule has 1 aliphatic heterocycles. The third kappa shape index (κ3) is 4.69. The highest BCUT2D eigenvalue weighted by Crippen LogP contribution is 2.31. The second-order valence-corrected chi connectivity index (χ2v) is 10.2. The molecule has 2 heterocycles. The Kier molecular flexibility index (Phi) is 6.71. The van der Waals surface area contributed by atoms with E-state index >= 15 is 0 Å². The van der Waals surface area contributed by atoms with Crippen molar-refractivity contribution in [3.8, 4) is 5.75 Å². The number of hydrogen-bond acceptors (Lipinski definition) is 5. The van der Waals surface area contributed by atoms with Gasteiger partial charge in [-0.2, -0.15) is 0 Å². The summed E-state index contributed by atoms with van der Waals surface area (Å²) < 4.78 is 8.30. The molecule has 6 nitrogen and oxygen atoms in total. The van der Waals surface area contributed by atoms with E-state index in [1.54, 1.807) is 11.7 Å². The number of ether oxygens (including phenoxy) is 1. The van der Waals surface area contributed by atoms with E-state index in [1.165, 1.54) is 11.3 Å². The molecule has 0 saturated heterocycles. The number of para-hydroxylation sites is 1. The first-order chi connectivity index (χ1) is 17.4. The topological polar surface area (TPSA) is 72.7 Å². The summed E-state index contributed by atoms with van der Waals surface area (Å²) in [6.45, 7) is 1.81. The number of anilines is 1. The SMILES string of the molecule is COc1ccc(/C=c2/sc3n(c2=O)C(c2ccc(Br)cc2)C(C(=O)Nc2ccccc2)=C(C)N=3)cc1. The van der Waals surface area contributed by atoms with Crippen LogP contribution < -0.4 is 24.9 Å². The highest BCUT2D eigenvalue weighted by molar-refractivity contribution is 9.10. The lowest BCUT2D eigenvalue weighted by Crippen LogP contribution is -2.40. The third-order valence-corrected chi connectivity index (χ3v) is 7.41. The maximum Gasteiger partial charge on any atom is 0.271 e. The Bertz CT molecular complexity index is 1640. The molecule has 3 aromatic carbocycles. The van der Waals surface area contributed by atoms with Gasteiger partial charge in [0.25, 0.3) is 11.5 Å². The number of allylic oxidation sites excluding steroid dienone is 1. The lowest BCUT2D eigenvalue weighted by molar-refractivity contribution is -0.113. The molecular formula is C28H22BrN3O3S. The number of hydrogen-bond donors (Lipinski definition) is 1.